The molecule has 2 atom stereocenters. The van der Waals surface area contributed by atoms with Crippen LogP contribution in [0.25, 0.3) is 0 Å². The molecule has 1 amide bonds. The number of hydrogen-bond donors (Lipinski definition) is 0. The number of carbonyl (C=O) groups is 1. The fraction of sp³-hybridized carbons (Fsp3) is 0.500. The van der Waals surface area contributed by atoms with E-state index in [9.17, 15) is 4.79 Å². The Morgan fingerprint density at radius 2 is 2.53 bits per heavy atom. The Morgan fingerprint density at radius 1 is 1.71 bits per heavy atom. The van der Waals surface area contributed by atoms with Crippen molar-refractivity contribution in [2.24, 2.45) is 0 Å². The predicted octanol–water partition coefficient (Wildman–Crippen LogP) is 1.48. The zero-order valence-corrected chi connectivity index (χ0v) is 9.63. The Balaban J connectivity index is 2.10. The molecule has 0 saturated carbocycles. The Labute approximate surface area is 99.6 Å². The first kappa shape index (κ1) is 11.7. The minimum atomic E-state index is -0.693. The van der Waals surface area contributed by atoms with E-state index in [0.29, 0.717) is 12.4 Å². The van der Waals surface area contributed by atoms with Crippen LogP contribution < -0.4 is 0 Å². The number of nitriles is 1. The SMILES string of the molecule is CN(C(=O)C1CCCO1)C(C#N)c1ccco1. The number of rotatable bonds is 3. The Bertz CT molecular complexity index is 415. The maximum atomic E-state index is 12.0. The van der Waals surface area contributed by atoms with E-state index in [4.69, 9.17) is 14.4 Å². The largest absolute Gasteiger partial charge is 0.466 e. The number of likely N-dealkylation sites (N-methyl/N-ethyl adjacent to an activating group) is 1. The van der Waals surface area contributed by atoms with E-state index in [0.717, 1.165) is 12.8 Å². The number of amides is 1. The van der Waals surface area contributed by atoms with Gasteiger partial charge in [0.25, 0.3) is 5.91 Å². The average molecular weight is 234 g/mol. The highest BCUT2D eigenvalue weighted by Crippen LogP contribution is 2.22. The van der Waals surface area contributed by atoms with Gasteiger partial charge in [-0.1, -0.05) is 0 Å². The van der Waals surface area contributed by atoms with E-state index in [-0.39, 0.29) is 5.91 Å². The predicted molar refractivity (Wildman–Crippen MR) is 58.8 cm³/mol. The third kappa shape index (κ3) is 2.32. The molecule has 1 aromatic rings. The van der Waals surface area contributed by atoms with E-state index in [1.807, 2.05) is 0 Å². The van der Waals surface area contributed by atoms with Gasteiger partial charge in [0.1, 0.15) is 11.9 Å². The van der Waals surface area contributed by atoms with Crippen molar-refractivity contribution in [2.45, 2.75) is 25.0 Å². The van der Waals surface area contributed by atoms with Gasteiger partial charge >= 0.3 is 0 Å². The lowest BCUT2D eigenvalue weighted by Crippen LogP contribution is -2.38. The monoisotopic (exact) mass is 234 g/mol. The van der Waals surface area contributed by atoms with Crippen LogP contribution in [0.3, 0.4) is 0 Å². The van der Waals surface area contributed by atoms with E-state index < -0.39 is 12.1 Å². The van der Waals surface area contributed by atoms with Crippen molar-refractivity contribution in [3.8, 4) is 6.07 Å². The highest BCUT2D eigenvalue weighted by Gasteiger charge is 2.31. The summed E-state index contributed by atoms with van der Waals surface area (Å²) in [6.45, 7) is 0.613. The minimum absolute atomic E-state index is 0.162. The molecule has 2 rings (SSSR count). The van der Waals surface area contributed by atoms with Gasteiger partial charge in [-0.05, 0) is 25.0 Å². The lowest BCUT2D eigenvalue weighted by molar-refractivity contribution is -0.141. The molecule has 0 aliphatic carbocycles. The summed E-state index contributed by atoms with van der Waals surface area (Å²) in [6.07, 6.45) is 2.69. The van der Waals surface area contributed by atoms with Gasteiger partial charge < -0.3 is 14.1 Å². The van der Waals surface area contributed by atoms with Gasteiger partial charge in [-0.3, -0.25) is 4.79 Å². The molecular formula is C12H14N2O3. The molecule has 1 aliphatic rings. The van der Waals surface area contributed by atoms with Crippen LogP contribution in [0.4, 0.5) is 0 Å². The van der Waals surface area contributed by atoms with Crippen LogP contribution in [-0.2, 0) is 9.53 Å². The third-order valence-electron chi connectivity index (χ3n) is 2.88. The zero-order valence-electron chi connectivity index (χ0n) is 9.63. The molecule has 90 valence electrons. The maximum absolute atomic E-state index is 12.0. The van der Waals surface area contributed by atoms with Gasteiger partial charge in [0, 0.05) is 13.7 Å². The molecule has 1 saturated heterocycles. The van der Waals surface area contributed by atoms with Gasteiger partial charge in [0.15, 0.2) is 6.04 Å². The molecule has 17 heavy (non-hydrogen) atoms. The fourth-order valence-corrected chi connectivity index (χ4v) is 1.91. The van der Waals surface area contributed by atoms with Crippen LogP contribution in [0.1, 0.15) is 24.6 Å². The number of ether oxygens (including phenoxy) is 1. The van der Waals surface area contributed by atoms with Gasteiger partial charge in [0.2, 0.25) is 0 Å². The quantitative estimate of drug-likeness (QED) is 0.794. The van der Waals surface area contributed by atoms with Crippen molar-refractivity contribution in [1.29, 1.82) is 5.26 Å². The molecule has 5 nitrogen and oxygen atoms in total. The second-order valence-corrected chi connectivity index (χ2v) is 4.00. The number of furan rings is 1. The van der Waals surface area contributed by atoms with Gasteiger partial charge in [-0.15, -0.1) is 0 Å². The molecule has 0 bridgehead atoms. The summed E-state index contributed by atoms with van der Waals surface area (Å²) in [5, 5.41) is 9.12. The second kappa shape index (κ2) is 5.02. The summed E-state index contributed by atoms with van der Waals surface area (Å²) >= 11 is 0. The first-order valence-electron chi connectivity index (χ1n) is 5.55. The highest BCUT2D eigenvalue weighted by atomic mass is 16.5. The fourth-order valence-electron chi connectivity index (χ4n) is 1.91. The van der Waals surface area contributed by atoms with Crippen molar-refractivity contribution in [2.75, 3.05) is 13.7 Å². The van der Waals surface area contributed by atoms with E-state index in [2.05, 4.69) is 6.07 Å². The Hall–Kier alpha value is -1.80. The molecule has 5 heteroatoms. The first-order valence-corrected chi connectivity index (χ1v) is 5.55. The lowest BCUT2D eigenvalue weighted by Gasteiger charge is -2.23. The van der Waals surface area contributed by atoms with Crippen LogP contribution in [0, 0.1) is 11.3 Å². The number of hydrogen-bond acceptors (Lipinski definition) is 4. The van der Waals surface area contributed by atoms with Gasteiger partial charge in [0.05, 0.1) is 12.3 Å². The molecular weight excluding hydrogens is 220 g/mol. The minimum Gasteiger partial charge on any atom is -0.466 e. The normalized spacial score (nSPS) is 20.8. The molecule has 0 N–H and O–H groups in total. The zero-order chi connectivity index (χ0) is 12.3. The van der Waals surface area contributed by atoms with Gasteiger partial charge in [-0.25, -0.2) is 0 Å². The molecule has 2 heterocycles. The summed E-state index contributed by atoms with van der Waals surface area (Å²) in [4.78, 5) is 13.4. The maximum Gasteiger partial charge on any atom is 0.252 e. The topological polar surface area (TPSA) is 66.5 Å². The first-order chi connectivity index (χ1) is 8.24. The summed E-state index contributed by atoms with van der Waals surface area (Å²) < 4.78 is 10.5. The summed E-state index contributed by atoms with van der Waals surface area (Å²) in [5.41, 5.74) is 0. The van der Waals surface area contributed by atoms with Crippen LogP contribution in [0.5, 0.6) is 0 Å². The van der Waals surface area contributed by atoms with Crippen LogP contribution in [-0.4, -0.2) is 30.6 Å². The standard InChI is InChI=1S/C12H14N2O3/c1-14(12(15)11-5-3-7-17-11)9(8-13)10-4-2-6-16-10/h2,4,6,9,11H,3,5,7H2,1H3. The number of nitrogens with zero attached hydrogens (tertiary/aromatic N) is 2. The molecule has 0 radical (unpaired) electrons. The molecule has 2 unspecified atom stereocenters. The third-order valence-corrected chi connectivity index (χ3v) is 2.88. The summed E-state index contributed by atoms with van der Waals surface area (Å²) in [5.74, 6) is 0.312. The average Bonchev–Trinajstić information content (AvgIpc) is 3.01. The summed E-state index contributed by atoms with van der Waals surface area (Å²) in [6, 6.07) is 4.76. The van der Waals surface area contributed by atoms with Crippen LogP contribution in [0.15, 0.2) is 22.8 Å². The van der Waals surface area contributed by atoms with E-state index in [1.165, 1.54) is 11.2 Å². The Kier molecular flexibility index (Phi) is 3.45. The highest BCUT2D eigenvalue weighted by molar-refractivity contribution is 5.81. The van der Waals surface area contributed by atoms with Crippen LogP contribution in [0.2, 0.25) is 0 Å². The molecule has 0 aromatic carbocycles. The second-order valence-electron chi connectivity index (χ2n) is 4.00. The van der Waals surface area contributed by atoms with Gasteiger partial charge in [-0.2, -0.15) is 5.26 Å². The molecule has 1 fully saturated rings. The Morgan fingerprint density at radius 3 is 3.06 bits per heavy atom. The number of carbonyl (C=O) groups excluding carboxylic acids is 1. The summed E-state index contributed by atoms with van der Waals surface area (Å²) in [7, 11) is 1.60. The molecule has 1 aromatic heterocycles. The van der Waals surface area contributed by atoms with Crippen molar-refractivity contribution < 1.29 is 13.9 Å². The van der Waals surface area contributed by atoms with E-state index >= 15 is 0 Å². The van der Waals surface area contributed by atoms with Crippen molar-refractivity contribution in [3.63, 3.8) is 0 Å². The lowest BCUT2D eigenvalue weighted by atomic mass is 10.1. The van der Waals surface area contributed by atoms with Crippen molar-refractivity contribution in [1.82, 2.24) is 4.90 Å². The van der Waals surface area contributed by atoms with Crippen molar-refractivity contribution >= 4 is 5.91 Å². The van der Waals surface area contributed by atoms with Crippen LogP contribution >= 0.6 is 0 Å². The molecule has 1 aliphatic heterocycles. The smallest absolute Gasteiger partial charge is 0.252 e. The molecule has 0 spiro atoms. The van der Waals surface area contributed by atoms with Crippen molar-refractivity contribution in [3.05, 3.63) is 24.2 Å². The van der Waals surface area contributed by atoms with E-state index in [1.54, 1.807) is 19.2 Å².